The lowest BCUT2D eigenvalue weighted by Crippen LogP contribution is -2.42. The molecule has 1 aromatic carbocycles. The maximum absolute atomic E-state index is 12.2. The lowest BCUT2D eigenvalue weighted by Gasteiger charge is -2.16. The van der Waals surface area contributed by atoms with E-state index in [9.17, 15) is 15.0 Å². The van der Waals surface area contributed by atoms with E-state index in [2.05, 4.69) is 37.6 Å². The number of benzene rings is 1. The third-order valence-electron chi connectivity index (χ3n) is 4.95. The van der Waals surface area contributed by atoms with Gasteiger partial charge in [0, 0.05) is 12.1 Å². The van der Waals surface area contributed by atoms with Crippen molar-refractivity contribution in [1.29, 1.82) is 0 Å². The summed E-state index contributed by atoms with van der Waals surface area (Å²) >= 11 is 0. The number of nitrogens with zero attached hydrogens (tertiary/aromatic N) is 4. The molecule has 172 valence electrons. The number of amides is 1. The Morgan fingerprint density at radius 2 is 1.97 bits per heavy atom. The summed E-state index contributed by atoms with van der Waals surface area (Å²) < 4.78 is 7.15. The SMILES string of the molecule is CCNC(=O)[C@H]1O[C@@H](n2cnc3c(NOCC)nc(C#Cc4ccccc4)nc32)[C@H](O)[C@@H]1O. The number of anilines is 1. The molecule has 11 heteroatoms. The highest BCUT2D eigenvalue weighted by Crippen LogP contribution is 2.32. The lowest BCUT2D eigenvalue weighted by atomic mass is 10.1. The van der Waals surface area contributed by atoms with Crippen LogP contribution in [0.2, 0.25) is 0 Å². The van der Waals surface area contributed by atoms with E-state index in [4.69, 9.17) is 9.57 Å². The number of nitrogens with one attached hydrogen (secondary N) is 2. The summed E-state index contributed by atoms with van der Waals surface area (Å²) in [6, 6.07) is 9.37. The molecule has 0 aliphatic carbocycles. The molecular weight excluding hydrogens is 428 g/mol. The Hall–Kier alpha value is -3.56. The number of hydrogen-bond donors (Lipinski definition) is 4. The Bertz CT molecular complexity index is 1190. The van der Waals surface area contributed by atoms with Crippen molar-refractivity contribution < 1.29 is 24.6 Å². The minimum atomic E-state index is -1.42. The van der Waals surface area contributed by atoms with Gasteiger partial charge < -0.3 is 20.3 Å². The number of aliphatic hydroxyl groups is 2. The first-order valence-corrected chi connectivity index (χ1v) is 10.5. The summed E-state index contributed by atoms with van der Waals surface area (Å²) in [4.78, 5) is 30.7. The fourth-order valence-corrected chi connectivity index (χ4v) is 3.40. The smallest absolute Gasteiger partial charge is 0.252 e. The molecule has 3 heterocycles. The second-order valence-corrected chi connectivity index (χ2v) is 7.19. The van der Waals surface area contributed by atoms with Crippen molar-refractivity contribution in [3.63, 3.8) is 0 Å². The number of rotatable bonds is 6. The molecule has 1 saturated heterocycles. The molecule has 4 atom stereocenters. The number of aromatic nitrogens is 4. The molecule has 33 heavy (non-hydrogen) atoms. The van der Waals surface area contributed by atoms with Gasteiger partial charge in [0.1, 0.15) is 12.2 Å². The molecular formula is C22H24N6O5. The van der Waals surface area contributed by atoms with E-state index in [1.807, 2.05) is 37.3 Å². The first kappa shape index (κ1) is 22.6. The Balaban J connectivity index is 1.74. The van der Waals surface area contributed by atoms with E-state index < -0.39 is 30.4 Å². The second-order valence-electron chi connectivity index (χ2n) is 7.19. The predicted molar refractivity (Wildman–Crippen MR) is 118 cm³/mol. The van der Waals surface area contributed by atoms with Crippen LogP contribution in [0.3, 0.4) is 0 Å². The van der Waals surface area contributed by atoms with E-state index >= 15 is 0 Å². The van der Waals surface area contributed by atoms with E-state index in [1.165, 1.54) is 10.9 Å². The number of hydrogen-bond acceptors (Lipinski definition) is 9. The standard InChI is InChI=1S/C22H24N6O5/c1-3-23-21(31)18-16(29)17(30)22(33-18)28-12-24-15-19(27-32-4-2)25-14(26-20(15)28)11-10-13-8-6-5-7-9-13/h5-9,12,16-18,22,29-30H,3-4H2,1-2H3,(H,23,31)(H,25,26,27)/t16-,17+,18-,22+/m0/s1. The Morgan fingerprint density at radius 3 is 2.70 bits per heavy atom. The largest absolute Gasteiger partial charge is 0.387 e. The van der Waals surface area contributed by atoms with Crippen molar-refractivity contribution in [1.82, 2.24) is 24.8 Å². The molecule has 11 nitrogen and oxygen atoms in total. The van der Waals surface area contributed by atoms with Crippen LogP contribution < -0.4 is 10.8 Å². The second kappa shape index (κ2) is 9.93. The highest BCUT2D eigenvalue weighted by Gasteiger charge is 2.47. The van der Waals surface area contributed by atoms with Crippen LogP contribution in [0.4, 0.5) is 5.82 Å². The Kier molecular flexibility index (Phi) is 6.81. The van der Waals surface area contributed by atoms with Gasteiger partial charge in [-0.25, -0.2) is 15.4 Å². The average molecular weight is 452 g/mol. The van der Waals surface area contributed by atoms with Gasteiger partial charge in [-0.2, -0.15) is 4.98 Å². The number of aliphatic hydroxyl groups excluding tert-OH is 2. The van der Waals surface area contributed by atoms with Gasteiger partial charge >= 0.3 is 0 Å². The zero-order valence-electron chi connectivity index (χ0n) is 18.1. The predicted octanol–water partition coefficient (Wildman–Crippen LogP) is 0.345. The number of imidazole rings is 1. The van der Waals surface area contributed by atoms with Crippen molar-refractivity contribution in [3.05, 3.63) is 48.0 Å². The van der Waals surface area contributed by atoms with E-state index in [0.717, 1.165) is 5.56 Å². The summed E-state index contributed by atoms with van der Waals surface area (Å²) in [5, 5.41) is 23.6. The van der Waals surface area contributed by atoms with Crippen LogP contribution in [0.1, 0.15) is 31.5 Å². The van der Waals surface area contributed by atoms with Gasteiger partial charge in [0.05, 0.1) is 12.9 Å². The van der Waals surface area contributed by atoms with Crippen LogP contribution in [-0.4, -0.2) is 67.1 Å². The Labute approximate surface area is 189 Å². The van der Waals surface area contributed by atoms with Gasteiger partial charge in [0.2, 0.25) is 5.82 Å². The van der Waals surface area contributed by atoms with Crippen molar-refractivity contribution in [2.45, 2.75) is 38.4 Å². The van der Waals surface area contributed by atoms with Gasteiger partial charge in [-0.1, -0.05) is 24.1 Å². The number of likely N-dealkylation sites (N-methyl/N-ethyl adjacent to an activating group) is 1. The summed E-state index contributed by atoms with van der Waals surface area (Å²) in [7, 11) is 0. The summed E-state index contributed by atoms with van der Waals surface area (Å²) in [5.41, 5.74) is 4.16. The molecule has 1 aliphatic rings. The summed E-state index contributed by atoms with van der Waals surface area (Å²) in [6.07, 6.45) is -3.73. The van der Waals surface area contributed by atoms with Crippen LogP contribution in [0.15, 0.2) is 36.7 Å². The van der Waals surface area contributed by atoms with Gasteiger partial charge in [0.25, 0.3) is 5.91 Å². The number of ether oxygens (including phenoxy) is 1. The third-order valence-corrected chi connectivity index (χ3v) is 4.95. The fraction of sp³-hybridized carbons (Fsp3) is 0.364. The van der Waals surface area contributed by atoms with Crippen LogP contribution in [-0.2, 0) is 14.4 Å². The minimum Gasteiger partial charge on any atom is -0.387 e. The molecule has 4 N–H and O–H groups in total. The van der Waals surface area contributed by atoms with Crippen LogP contribution >= 0.6 is 0 Å². The van der Waals surface area contributed by atoms with Crippen LogP contribution in [0.25, 0.3) is 11.2 Å². The van der Waals surface area contributed by atoms with Crippen LogP contribution in [0, 0.1) is 11.8 Å². The normalized spacial score (nSPS) is 22.1. The lowest BCUT2D eigenvalue weighted by molar-refractivity contribution is -0.137. The first-order chi connectivity index (χ1) is 16.0. The van der Waals surface area contributed by atoms with Gasteiger partial charge in [0.15, 0.2) is 29.3 Å². The number of carbonyl (C=O) groups is 1. The molecule has 0 radical (unpaired) electrons. The van der Waals surface area contributed by atoms with Crippen molar-refractivity contribution in [2.75, 3.05) is 18.6 Å². The minimum absolute atomic E-state index is 0.184. The van der Waals surface area contributed by atoms with E-state index in [0.29, 0.717) is 18.7 Å². The zero-order chi connectivity index (χ0) is 23.4. The maximum Gasteiger partial charge on any atom is 0.252 e. The molecule has 3 aromatic rings. The quantitative estimate of drug-likeness (QED) is 0.307. The molecule has 1 fully saturated rings. The van der Waals surface area contributed by atoms with E-state index in [1.54, 1.807) is 6.92 Å². The molecule has 2 aromatic heterocycles. The molecule has 0 unspecified atom stereocenters. The highest BCUT2D eigenvalue weighted by atomic mass is 16.6. The molecule has 4 rings (SSSR count). The maximum atomic E-state index is 12.2. The van der Waals surface area contributed by atoms with Crippen LogP contribution in [0.5, 0.6) is 0 Å². The molecule has 1 aliphatic heterocycles. The highest BCUT2D eigenvalue weighted by molar-refractivity contribution is 5.83. The molecule has 0 spiro atoms. The van der Waals surface area contributed by atoms with Gasteiger partial charge in [-0.15, -0.1) is 0 Å². The summed E-state index contributed by atoms with van der Waals surface area (Å²) in [6.45, 7) is 4.30. The molecule has 0 saturated carbocycles. The zero-order valence-corrected chi connectivity index (χ0v) is 18.1. The monoisotopic (exact) mass is 452 g/mol. The molecule has 1 amide bonds. The topological polar surface area (TPSA) is 144 Å². The van der Waals surface area contributed by atoms with Crippen molar-refractivity contribution >= 4 is 22.9 Å². The van der Waals surface area contributed by atoms with Gasteiger partial charge in [-0.3, -0.25) is 14.2 Å². The molecule has 0 bridgehead atoms. The van der Waals surface area contributed by atoms with Crippen molar-refractivity contribution in [3.8, 4) is 11.8 Å². The Morgan fingerprint density at radius 1 is 1.18 bits per heavy atom. The van der Waals surface area contributed by atoms with E-state index in [-0.39, 0.29) is 17.3 Å². The summed E-state index contributed by atoms with van der Waals surface area (Å²) in [5.74, 6) is 5.86. The van der Waals surface area contributed by atoms with Crippen molar-refractivity contribution in [2.24, 2.45) is 0 Å². The number of fused-ring (bicyclic) bond motifs is 1. The third kappa shape index (κ3) is 4.64. The fourth-order valence-electron chi connectivity index (χ4n) is 3.40. The first-order valence-electron chi connectivity index (χ1n) is 10.5. The number of carbonyl (C=O) groups excluding carboxylic acids is 1. The average Bonchev–Trinajstić information content (AvgIpc) is 3.38. The van der Waals surface area contributed by atoms with Gasteiger partial charge in [-0.05, 0) is 31.9 Å².